The van der Waals surface area contributed by atoms with Gasteiger partial charge < -0.3 is 24.0 Å². The van der Waals surface area contributed by atoms with Crippen LogP contribution in [0.15, 0.2) is 49.1 Å². The van der Waals surface area contributed by atoms with E-state index in [4.69, 9.17) is 18.6 Å². The Balaban J connectivity index is 1.41. The van der Waals surface area contributed by atoms with Gasteiger partial charge in [-0.2, -0.15) is 0 Å². The van der Waals surface area contributed by atoms with E-state index < -0.39 is 26.9 Å². The lowest BCUT2D eigenvalue weighted by Crippen LogP contribution is -2.44. The molecule has 0 radical (unpaired) electrons. The maximum absolute atomic E-state index is 12.1. The molecule has 2 fully saturated rings. The molecule has 5 rings (SSSR count). The fourth-order valence-corrected chi connectivity index (χ4v) is 5.52. The van der Waals surface area contributed by atoms with Crippen molar-refractivity contribution >= 4 is 37.4 Å². The molecule has 4 heterocycles. The third-order valence-corrected chi connectivity index (χ3v) is 12.2. The van der Waals surface area contributed by atoms with E-state index >= 15 is 0 Å². The Bertz CT molecular complexity index is 1360. The van der Waals surface area contributed by atoms with Crippen molar-refractivity contribution in [1.82, 2.24) is 24.8 Å². The van der Waals surface area contributed by atoms with E-state index in [0.717, 1.165) is 5.56 Å². The summed E-state index contributed by atoms with van der Waals surface area (Å²) in [5.41, 5.74) is 2.03. The molecular weight excluding hydrogens is 528 g/mol. The molecule has 214 valence electrons. The second kappa shape index (κ2) is 11.4. The van der Waals surface area contributed by atoms with E-state index in [1.165, 1.54) is 6.33 Å². The summed E-state index contributed by atoms with van der Waals surface area (Å²) in [6.07, 6.45) is 4.69. The second-order valence-corrected chi connectivity index (χ2v) is 16.3. The monoisotopic (exact) mass is 566 g/mol. The summed E-state index contributed by atoms with van der Waals surface area (Å²) in [7, 11) is -2.03. The van der Waals surface area contributed by atoms with E-state index in [0.29, 0.717) is 30.1 Å². The average molecular weight is 567 g/mol. The second-order valence-electron chi connectivity index (χ2n) is 11.5. The van der Waals surface area contributed by atoms with Crippen LogP contribution in [0.5, 0.6) is 0 Å². The van der Waals surface area contributed by atoms with Crippen molar-refractivity contribution in [3.8, 4) is 0 Å². The van der Waals surface area contributed by atoms with Gasteiger partial charge in [0.1, 0.15) is 24.6 Å². The summed E-state index contributed by atoms with van der Waals surface area (Å²) in [5, 5.41) is 5.49. The number of nitrogens with one attached hydrogen (secondary N) is 2. The standard InChI is InChI=1S/C28H38N6O5Si/c1-7-29-27(35)33-24-21-25(31-16-30-24)34(17-32-21)26-23-22(19(37-26)15-36-40(5,6)28(2,3)4)38-20(39-23)14-13-18-11-9-8-10-12-18/h8-14,16-17,19-20,22-23,26H,7,15H2,1-6H3,(H2,29,30,31,33,35)/b14-13+/t19-,20+,22+,23?,26-/m1/s1. The van der Waals surface area contributed by atoms with E-state index in [1.807, 2.05) is 54.0 Å². The molecule has 0 bridgehead atoms. The quantitative estimate of drug-likeness (QED) is 0.376. The number of imidazole rings is 1. The Morgan fingerprint density at radius 1 is 1.10 bits per heavy atom. The fourth-order valence-electron chi connectivity index (χ4n) is 4.51. The molecule has 40 heavy (non-hydrogen) atoms. The zero-order valence-corrected chi connectivity index (χ0v) is 24.8. The van der Waals surface area contributed by atoms with Gasteiger partial charge >= 0.3 is 6.03 Å². The first kappa shape index (κ1) is 28.4. The Morgan fingerprint density at radius 3 is 2.58 bits per heavy atom. The van der Waals surface area contributed by atoms with Crippen molar-refractivity contribution in [1.29, 1.82) is 0 Å². The van der Waals surface area contributed by atoms with E-state index in [2.05, 4.69) is 59.5 Å². The molecule has 3 aromatic rings. The summed E-state index contributed by atoms with van der Waals surface area (Å²) < 4.78 is 27.7. The highest BCUT2D eigenvalue weighted by atomic mass is 28.4. The third-order valence-electron chi connectivity index (χ3n) is 7.73. The number of rotatable bonds is 8. The van der Waals surface area contributed by atoms with Gasteiger partial charge in [0.2, 0.25) is 0 Å². The largest absolute Gasteiger partial charge is 0.414 e. The van der Waals surface area contributed by atoms with Crippen LogP contribution in [0.4, 0.5) is 10.6 Å². The van der Waals surface area contributed by atoms with Crippen molar-refractivity contribution in [3.63, 3.8) is 0 Å². The van der Waals surface area contributed by atoms with Crippen molar-refractivity contribution in [2.24, 2.45) is 0 Å². The highest BCUT2D eigenvalue weighted by Crippen LogP contribution is 2.43. The number of carbonyl (C=O) groups is 1. The minimum Gasteiger partial charge on any atom is -0.414 e. The molecule has 2 saturated heterocycles. The number of fused-ring (bicyclic) bond motifs is 2. The third kappa shape index (κ3) is 5.81. The Hall–Kier alpha value is -3.16. The Kier molecular flexibility index (Phi) is 8.07. The maximum atomic E-state index is 12.1. The molecule has 2 aliphatic rings. The molecular formula is C28H38N6O5Si. The van der Waals surface area contributed by atoms with Crippen LogP contribution in [0.25, 0.3) is 17.2 Å². The van der Waals surface area contributed by atoms with E-state index in [1.54, 1.807) is 6.33 Å². The minimum atomic E-state index is -2.03. The smallest absolute Gasteiger partial charge is 0.320 e. The van der Waals surface area contributed by atoms with Crippen LogP contribution < -0.4 is 10.6 Å². The minimum absolute atomic E-state index is 0.0589. The molecule has 0 aliphatic carbocycles. The molecule has 12 heteroatoms. The van der Waals surface area contributed by atoms with Gasteiger partial charge in [0.15, 0.2) is 37.8 Å². The first-order chi connectivity index (χ1) is 19.1. The number of anilines is 1. The topological polar surface area (TPSA) is 122 Å². The molecule has 2 amide bonds. The van der Waals surface area contributed by atoms with Crippen molar-refractivity contribution in [3.05, 3.63) is 54.6 Å². The number of hydrogen-bond acceptors (Lipinski definition) is 8. The first-order valence-electron chi connectivity index (χ1n) is 13.6. The highest BCUT2D eigenvalue weighted by Gasteiger charge is 2.54. The molecule has 5 atom stereocenters. The summed E-state index contributed by atoms with van der Waals surface area (Å²) in [6, 6.07) is 9.65. The first-order valence-corrected chi connectivity index (χ1v) is 16.5. The van der Waals surface area contributed by atoms with Gasteiger partial charge in [0, 0.05) is 6.54 Å². The molecule has 11 nitrogen and oxygen atoms in total. The molecule has 1 aromatic carbocycles. The summed E-state index contributed by atoms with van der Waals surface area (Å²) in [4.78, 5) is 25.3. The predicted molar refractivity (Wildman–Crippen MR) is 154 cm³/mol. The van der Waals surface area contributed by atoms with Gasteiger partial charge in [0.05, 0.1) is 12.9 Å². The number of ether oxygens (including phenoxy) is 3. The molecule has 0 saturated carbocycles. The Labute approximate surface area is 235 Å². The number of benzene rings is 1. The highest BCUT2D eigenvalue weighted by molar-refractivity contribution is 6.74. The molecule has 2 aromatic heterocycles. The number of carbonyl (C=O) groups excluding carboxylic acids is 1. The summed E-state index contributed by atoms with van der Waals surface area (Å²) >= 11 is 0. The van der Waals surface area contributed by atoms with Gasteiger partial charge in [-0.3, -0.25) is 9.88 Å². The molecule has 2 aliphatic heterocycles. The van der Waals surface area contributed by atoms with Crippen LogP contribution >= 0.6 is 0 Å². The SMILES string of the molecule is CCNC(=O)Nc1ncnc2c1ncn2[C@@H]1O[C@H](CO[Si](C)(C)C(C)(C)C)[C@@H]2O[C@H](/C=C/c3ccccc3)OC21. The van der Waals surface area contributed by atoms with Crippen LogP contribution in [0.2, 0.25) is 18.1 Å². The zero-order valence-electron chi connectivity index (χ0n) is 23.8. The van der Waals surface area contributed by atoms with Gasteiger partial charge in [0.25, 0.3) is 0 Å². The Morgan fingerprint density at radius 2 is 1.85 bits per heavy atom. The normalized spacial score (nSPS) is 25.0. The lowest BCUT2D eigenvalue weighted by Gasteiger charge is -2.37. The van der Waals surface area contributed by atoms with E-state index in [-0.39, 0.29) is 23.3 Å². The van der Waals surface area contributed by atoms with E-state index in [9.17, 15) is 4.79 Å². The number of hydrogen-bond donors (Lipinski definition) is 2. The van der Waals surface area contributed by atoms with Crippen LogP contribution in [0.1, 0.15) is 39.5 Å². The summed E-state index contributed by atoms with van der Waals surface area (Å²) in [5.74, 6) is 0.314. The number of nitrogens with zero attached hydrogens (tertiary/aromatic N) is 4. The van der Waals surface area contributed by atoms with Gasteiger partial charge in [-0.15, -0.1) is 0 Å². The number of urea groups is 1. The van der Waals surface area contributed by atoms with Crippen molar-refractivity contribution < 1.29 is 23.4 Å². The number of aromatic nitrogens is 4. The van der Waals surface area contributed by atoms with Crippen LogP contribution in [-0.2, 0) is 18.6 Å². The maximum Gasteiger partial charge on any atom is 0.320 e. The van der Waals surface area contributed by atoms with Crippen molar-refractivity contribution in [2.75, 3.05) is 18.5 Å². The van der Waals surface area contributed by atoms with Crippen molar-refractivity contribution in [2.45, 2.75) is 76.7 Å². The zero-order chi connectivity index (χ0) is 28.5. The fraction of sp³-hybridized carbons (Fsp3) is 0.500. The predicted octanol–water partition coefficient (Wildman–Crippen LogP) is 4.71. The van der Waals surface area contributed by atoms with Gasteiger partial charge in [-0.25, -0.2) is 19.7 Å². The molecule has 1 unspecified atom stereocenters. The molecule has 0 spiro atoms. The lowest BCUT2D eigenvalue weighted by atomic mass is 10.1. The average Bonchev–Trinajstić information content (AvgIpc) is 3.61. The lowest BCUT2D eigenvalue weighted by molar-refractivity contribution is -0.132. The van der Waals surface area contributed by atoms with Gasteiger partial charge in [-0.1, -0.05) is 57.2 Å². The number of amides is 2. The summed E-state index contributed by atoms with van der Waals surface area (Å²) in [6.45, 7) is 13.8. The van der Waals surface area contributed by atoms with Crippen LogP contribution in [-0.4, -0.2) is 71.6 Å². The van der Waals surface area contributed by atoms with Crippen LogP contribution in [0.3, 0.4) is 0 Å². The molecule has 2 N–H and O–H groups in total. The van der Waals surface area contributed by atoms with Gasteiger partial charge in [-0.05, 0) is 36.7 Å². The van der Waals surface area contributed by atoms with Crippen LogP contribution in [0, 0.1) is 0 Å².